The number of amides is 2. The Morgan fingerprint density at radius 1 is 0.897 bits per heavy atom. The largest absolute Gasteiger partial charge is 0.352 e. The van der Waals surface area contributed by atoms with Crippen LogP contribution < -0.4 is 10.2 Å². The molecule has 150 valence electrons. The van der Waals surface area contributed by atoms with Crippen LogP contribution in [0.2, 0.25) is 0 Å². The highest BCUT2D eigenvalue weighted by atomic mass is 16.2. The molecule has 1 aromatic heterocycles. The maximum atomic E-state index is 12.5. The molecule has 4 rings (SSSR count). The molecule has 0 radical (unpaired) electrons. The van der Waals surface area contributed by atoms with E-state index >= 15 is 0 Å². The van der Waals surface area contributed by atoms with E-state index in [0.717, 1.165) is 41.2 Å². The number of urea groups is 1. The van der Waals surface area contributed by atoms with Gasteiger partial charge in [-0.25, -0.2) is 14.8 Å². The van der Waals surface area contributed by atoms with Crippen LogP contribution in [0.15, 0.2) is 54.6 Å². The van der Waals surface area contributed by atoms with E-state index in [-0.39, 0.29) is 11.6 Å². The summed E-state index contributed by atoms with van der Waals surface area (Å²) in [6.07, 6.45) is 0. The molecule has 0 unspecified atom stereocenters. The van der Waals surface area contributed by atoms with Crippen molar-refractivity contribution in [3.63, 3.8) is 0 Å². The van der Waals surface area contributed by atoms with Crippen molar-refractivity contribution in [3.8, 4) is 11.4 Å². The van der Waals surface area contributed by atoms with Crippen LogP contribution in [0.5, 0.6) is 0 Å². The number of benzene rings is 2. The summed E-state index contributed by atoms with van der Waals surface area (Å²) in [5, 5.41) is 4.09. The highest BCUT2D eigenvalue weighted by Gasteiger charge is 2.25. The highest BCUT2D eigenvalue weighted by molar-refractivity contribution is 5.91. The molecule has 1 N–H and O–H groups in total. The van der Waals surface area contributed by atoms with Gasteiger partial charge in [-0.15, -0.1) is 0 Å². The first-order valence-electron chi connectivity index (χ1n) is 10.0. The van der Waals surface area contributed by atoms with Gasteiger partial charge in [0.15, 0.2) is 5.82 Å². The first kappa shape index (κ1) is 19.2. The van der Waals surface area contributed by atoms with Gasteiger partial charge < -0.3 is 15.1 Å². The lowest BCUT2D eigenvalue weighted by molar-refractivity contribution is 0.185. The first-order chi connectivity index (χ1) is 13.9. The van der Waals surface area contributed by atoms with Crippen molar-refractivity contribution in [2.45, 2.75) is 26.3 Å². The van der Waals surface area contributed by atoms with Crippen molar-refractivity contribution < 1.29 is 4.79 Å². The van der Waals surface area contributed by atoms with Crippen molar-refractivity contribution in [3.05, 3.63) is 54.6 Å². The first-order valence-corrected chi connectivity index (χ1v) is 10.0. The van der Waals surface area contributed by atoms with E-state index in [1.807, 2.05) is 74.2 Å². The van der Waals surface area contributed by atoms with Crippen LogP contribution in [0.4, 0.5) is 10.6 Å². The summed E-state index contributed by atoms with van der Waals surface area (Å²) in [5.41, 5.74) is 1.70. The molecule has 0 bridgehead atoms. The van der Waals surface area contributed by atoms with E-state index in [1.54, 1.807) is 0 Å². The molecule has 0 atom stereocenters. The van der Waals surface area contributed by atoms with Gasteiger partial charge in [0.1, 0.15) is 5.82 Å². The Labute approximate surface area is 171 Å². The van der Waals surface area contributed by atoms with Crippen LogP contribution in [0.3, 0.4) is 0 Å². The second kappa shape index (κ2) is 7.70. The number of aromatic nitrogens is 2. The molecular weight excluding hydrogens is 362 g/mol. The van der Waals surface area contributed by atoms with E-state index in [9.17, 15) is 4.79 Å². The monoisotopic (exact) mass is 389 g/mol. The van der Waals surface area contributed by atoms with Crippen molar-refractivity contribution in [1.82, 2.24) is 20.2 Å². The number of nitrogens with one attached hydrogen (secondary N) is 1. The predicted molar refractivity (Wildman–Crippen MR) is 117 cm³/mol. The molecule has 6 nitrogen and oxygen atoms in total. The van der Waals surface area contributed by atoms with E-state index in [2.05, 4.69) is 16.3 Å². The Morgan fingerprint density at radius 3 is 2.24 bits per heavy atom. The van der Waals surface area contributed by atoms with Gasteiger partial charge in [-0.3, -0.25) is 0 Å². The molecule has 3 aromatic rings. The van der Waals surface area contributed by atoms with Crippen LogP contribution in [0, 0.1) is 0 Å². The minimum atomic E-state index is -0.234. The summed E-state index contributed by atoms with van der Waals surface area (Å²) in [6, 6.07) is 18.2. The quantitative estimate of drug-likeness (QED) is 0.721. The molecule has 0 saturated carbocycles. The minimum absolute atomic E-state index is 0.00494. The van der Waals surface area contributed by atoms with Crippen molar-refractivity contribution in [1.29, 1.82) is 0 Å². The summed E-state index contributed by atoms with van der Waals surface area (Å²) in [4.78, 5) is 26.3. The number of piperazine rings is 1. The molecule has 29 heavy (non-hydrogen) atoms. The molecule has 0 aliphatic carbocycles. The fraction of sp³-hybridized carbons (Fsp3) is 0.348. The minimum Gasteiger partial charge on any atom is -0.352 e. The van der Waals surface area contributed by atoms with Gasteiger partial charge in [-0.1, -0.05) is 42.5 Å². The zero-order valence-electron chi connectivity index (χ0n) is 17.2. The van der Waals surface area contributed by atoms with E-state index in [1.165, 1.54) is 0 Å². The Hall–Kier alpha value is -3.15. The maximum Gasteiger partial charge on any atom is 0.317 e. The topological polar surface area (TPSA) is 61.4 Å². The number of hydrogen-bond acceptors (Lipinski definition) is 4. The molecule has 6 heteroatoms. The molecule has 0 spiro atoms. The van der Waals surface area contributed by atoms with Gasteiger partial charge >= 0.3 is 6.03 Å². The molecule has 1 fully saturated rings. The normalized spacial score (nSPS) is 14.9. The Bertz CT molecular complexity index is 1000. The van der Waals surface area contributed by atoms with E-state index in [0.29, 0.717) is 13.1 Å². The van der Waals surface area contributed by atoms with Crippen molar-refractivity contribution in [2.75, 3.05) is 31.1 Å². The molecule has 1 saturated heterocycles. The van der Waals surface area contributed by atoms with Crippen molar-refractivity contribution >= 4 is 22.8 Å². The molecule has 2 amide bonds. The molecule has 1 aliphatic heterocycles. The zero-order valence-corrected chi connectivity index (χ0v) is 17.2. The van der Waals surface area contributed by atoms with Crippen LogP contribution in [0.1, 0.15) is 20.8 Å². The fourth-order valence-electron chi connectivity index (χ4n) is 3.54. The summed E-state index contributed by atoms with van der Waals surface area (Å²) >= 11 is 0. The smallest absolute Gasteiger partial charge is 0.317 e. The van der Waals surface area contributed by atoms with Crippen LogP contribution in [-0.4, -0.2) is 52.6 Å². The summed E-state index contributed by atoms with van der Waals surface area (Å²) < 4.78 is 0. The van der Waals surface area contributed by atoms with Gasteiger partial charge in [0.25, 0.3) is 0 Å². The van der Waals surface area contributed by atoms with E-state index < -0.39 is 0 Å². The molecule has 1 aliphatic rings. The Kier molecular flexibility index (Phi) is 5.09. The lowest BCUT2D eigenvalue weighted by atomic mass is 10.1. The Morgan fingerprint density at radius 2 is 1.55 bits per heavy atom. The second-order valence-corrected chi connectivity index (χ2v) is 8.41. The number of hydrogen-bond donors (Lipinski definition) is 1. The number of rotatable bonds is 2. The number of carbonyl (C=O) groups is 1. The highest BCUT2D eigenvalue weighted by Crippen LogP contribution is 2.28. The number of anilines is 1. The SMILES string of the molecule is CC(C)(C)NC(=O)N1CCN(c2nc(-c3ccccc3)nc3ccccc23)CC1. The van der Waals surface area contributed by atoms with Crippen molar-refractivity contribution in [2.24, 2.45) is 0 Å². The summed E-state index contributed by atoms with van der Waals surface area (Å²) in [6.45, 7) is 8.82. The fourth-order valence-corrected chi connectivity index (χ4v) is 3.54. The lowest BCUT2D eigenvalue weighted by Crippen LogP contribution is -2.55. The number of fused-ring (bicyclic) bond motifs is 1. The van der Waals surface area contributed by atoms with Gasteiger partial charge in [0.05, 0.1) is 5.52 Å². The third-order valence-corrected chi connectivity index (χ3v) is 4.96. The molecule has 2 heterocycles. The average molecular weight is 390 g/mol. The molecular formula is C23H27N5O. The standard InChI is InChI=1S/C23H27N5O/c1-23(2,3)26-22(29)28-15-13-27(14-16-28)21-18-11-7-8-12-19(18)24-20(25-21)17-9-5-4-6-10-17/h4-12H,13-16H2,1-3H3,(H,26,29). The maximum absolute atomic E-state index is 12.5. The van der Waals surface area contributed by atoms with Gasteiger partial charge in [0.2, 0.25) is 0 Å². The third-order valence-electron chi connectivity index (χ3n) is 4.96. The number of nitrogens with zero attached hydrogens (tertiary/aromatic N) is 4. The number of para-hydroxylation sites is 1. The van der Waals surface area contributed by atoms with Gasteiger partial charge in [-0.05, 0) is 32.9 Å². The third kappa shape index (κ3) is 4.31. The van der Waals surface area contributed by atoms with Crippen LogP contribution in [-0.2, 0) is 0 Å². The average Bonchev–Trinajstić information content (AvgIpc) is 2.72. The zero-order chi connectivity index (χ0) is 20.4. The van der Waals surface area contributed by atoms with E-state index in [4.69, 9.17) is 9.97 Å². The van der Waals surface area contributed by atoms with Gasteiger partial charge in [0, 0.05) is 42.7 Å². The molecule has 2 aromatic carbocycles. The van der Waals surface area contributed by atoms with Gasteiger partial charge in [-0.2, -0.15) is 0 Å². The predicted octanol–water partition coefficient (Wildman–Crippen LogP) is 3.93. The summed E-state index contributed by atoms with van der Waals surface area (Å²) in [5.74, 6) is 1.66. The number of carbonyl (C=O) groups excluding carboxylic acids is 1. The van der Waals surface area contributed by atoms with Crippen LogP contribution in [0.25, 0.3) is 22.3 Å². The lowest BCUT2D eigenvalue weighted by Gasteiger charge is -2.37. The Balaban J connectivity index is 1.60. The summed E-state index contributed by atoms with van der Waals surface area (Å²) in [7, 11) is 0. The van der Waals surface area contributed by atoms with Crippen LogP contribution >= 0.6 is 0 Å². The second-order valence-electron chi connectivity index (χ2n) is 8.41.